The fourth-order valence-electron chi connectivity index (χ4n) is 2.21. The molecule has 98 valence electrons. The molecule has 3 rings (SSSR count). The molecule has 0 aliphatic carbocycles. The number of hydrogen-bond acceptors (Lipinski definition) is 3. The van der Waals surface area contributed by atoms with Crippen LogP contribution >= 0.6 is 0 Å². The number of imidazole rings is 1. The standard InChI is InChI=1S/C15H12N4O/c1-18-6-5-11(8-14(18)20)15-17-12-4-3-10(9-16)7-13(12)19(15)2/h3-8H,1-2H3. The predicted molar refractivity (Wildman–Crippen MR) is 76.1 cm³/mol. The van der Waals surface area contributed by atoms with Crippen LogP contribution in [-0.2, 0) is 14.1 Å². The zero-order chi connectivity index (χ0) is 14.3. The first-order chi connectivity index (χ1) is 9.60. The molecule has 5 nitrogen and oxygen atoms in total. The Labute approximate surface area is 115 Å². The molecule has 0 saturated carbocycles. The number of rotatable bonds is 1. The number of benzene rings is 1. The van der Waals surface area contributed by atoms with E-state index in [4.69, 9.17) is 5.26 Å². The molecule has 0 aliphatic rings. The Kier molecular flexibility index (Phi) is 2.65. The fraction of sp³-hybridized carbons (Fsp3) is 0.133. The molecule has 2 aromatic heterocycles. The van der Waals surface area contributed by atoms with Gasteiger partial charge in [0, 0.05) is 31.9 Å². The van der Waals surface area contributed by atoms with E-state index >= 15 is 0 Å². The minimum absolute atomic E-state index is 0.0766. The Balaban J connectivity index is 2.26. The predicted octanol–water partition coefficient (Wildman–Crippen LogP) is 1.81. The number of nitriles is 1. The van der Waals surface area contributed by atoms with Crippen molar-refractivity contribution in [3.05, 3.63) is 52.4 Å². The second kappa shape index (κ2) is 4.35. The number of aromatic nitrogens is 3. The van der Waals surface area contributed by atoms with Crippen molar-refractivity contribution in [2.45, 2.75) is 0 Å². The van der Waals surface area contributed by atoms with Crippen LogP contribution in [0.5, 0.6) is 0 Å². The molecule has 0 aliphatic heterocycles. The molecule has 0 atom stereocenters. The Hall–Kier alpha value is -2.87. The van der Waals surface area contributed by atoms with Gasteiger partial charge in [-0.15, -0.1) is 0 Å². The van der Waals surface area contributed by atoms with Crippen molar-refractivity contribution in [1.82, 2.24) is 14.1 Å². The lowest BCUT2D eigenvalue weighted by Gasteiger charge is -2.03. The van der Waals surface area contributed by atoms with E-state index < -0.39 is 0 Å². The average Bonchev–Trinajstić information content (AvgIpc) is 2.79. The number of nitrogens with zero attached hydrogens (tertiary/aromatic N) is 4. The molecular formula is C15H12N4O. The molecule has 3 aromatic rings. The molecule has 0 spiro atoms. The van der Waals surface area contributed by atoms with E-state index in [1.54, 1.807) is 31.4 Å². The molecular weight excluding hydrogens is 252 g/mol. The van der Waals surface area contributed by atoms with Crippen LogP contribution in [0.2, 0.25) is 0 Å². The van der Waals surface area contributed by atoms with Gasteiger partial charge in [0.05, 0.1) is 22.7 Å². The molecule has 0 unspecified atom stereocenters. The molecule has 0 fully saturated rings. The van der Waals surface area contributed by atoms with E-state index in [-0.39, 0.29) is 5.56 Å². The second-order valence-corrected chi connectivity index (χ2v) is 4.67. The first kappa shape index (κ1) is 12.2. The summed E-state index contributed by atoms with van der Waals surface area (Å²) >= 11 is 0. The van der Waals surface area contributed by atoms with E-state index in [9.17, 15) is 4.79 Å². The van der Waals surface area contributed by atoms with Crippen molar-refractivity contribution in [3.63, 3.8) is 0 Å². The van der Waals surface area contributed by atoms with Crippen molar-refractivity contribution >= 4 is 11.0 Å². The zero-order valence-electron chi connectivity index (χ0n) is 11.2. The van der Waals surface area contributed by atoms with Gasteiger partial charge in [-0.2, -0.15) is 5.26 Å². The number of aryl methyl sites for hydroxylation is 2. The third-order valence-corrected chi connectivity index (χ3v) is 3.37. The van der Waals surface area contributed by atoms with Crippen molar-refractivity contribution in [3.8, 4) is 17.5 Å². The summed E-state index contributed by atoms with van der Waals surface area (Å²) in [5.74, 6) is 0.716. The SMILES string of the molecule is Cn1ccc(-c2nc3ccc(C#N)cc3n2C)cc1=O. The van der Waals surface area contributed by atoms with Gasteiger partial charge in [-0.25, -0.2) is 4.98 Å². The van der Waals surface area contributed by atoms with Gasteiger partial charge in [0.1, 0.15) is 5.82 Å². The van der Waals surface area contributed by atoms with Gasteiger partial charge in [0.25, 0.3) is 5.56 Å². The Morgan fingerprint density at radius 1 is 1.20 bits per heavy atom. The van der Waals surface area contributed by atoms with Gasteiger partial charge >= 0.3 is 0 Å². The van der Waals surface area contributed by atoms with Crippen LogP contribution in [0.4, 0.5) is 0 Å². The molecule has 0 bridgehead atoms. The molecule has 0 N–H and O–H groups in total. The Morgan fingerprint density at radius 2 is 2.00 bits per heavy atom. The number of fused-ring (bicyclic) bond motifs is 1. The Morgan fingerprint density at radius 3 is 2.70 bits per heavy atom. The minimum atomic E-state index is -0.0766. The molecule has 20 heavy (non-hydrogen) atoms. The van der Waals surface area contributed by atoms with Gasteiger partial charge in [0.2, 0.25) is 0 Å². The van der Waals surface area contributed by atoms with Crippen molar-refractivity contribution in [1.29, 1.82) is 5.26 Å². The quantitative estimate of drug-likeness (QED) is 0.673. The molecule has 0 radical (unpaired) electrons. The largest absolute Gasteiger partial charge is 0.327 e. The third-order valence-electron chi connectivity index (χ3n) is 3.37. The highest BCUT2D eigenvalue weighted by molar-refractivity contribution is 5.81. The minimum Gasteiger partial charge on any atom is -0.327 e. The summed E-state index contributed by atoms with van der Waals surface area (Å²) in [6.45, 7) is 0. The number of hydrogen-bond donors (Lipinski definition) is 0. The first-order valence-electron chi connectivity index (χ1n) is 6.14. The summed E-state index contributed by atoms with van der Waals surface area (Å²) in [4.78, 5) is 16.3. The molecule has 0 saturated heterocycles. The Bertz CT molecular complexity index is 912. The summed E-state index contributed by atoms with van der Waals surface area (Å²) in [5, 5.41) is 8.95. The summed E-state index contributed by atoms with van der Waals surface area (Å²) in [6, 6.07) is 10.9. The van der Waals surface area contributed by atoms with Crippen LogP contribution in [0.1, 0.15) is 5.56 Å². The van der Waals surface area contributed by atoms with Gasteiger partial charge in [-0.3, -0.25) is 4.79 Å². The van der Waals surface area contributed by atoms with Crippen molar-refractivity contribution in [2.75, 3.05) is 0 Å². The molecule has 2 heterocycles. The maximum absolute atomic E-state index is 11.7. The van der Waals surface area contributed by atoms with Crippen LogP contribution in [0.15, 0.2) is 41.3 Å². The second-order valence-electron chi connectivity index (χ2n) is 4.67. The maximum atomic E-state index is 11.7. The van der Waals surface area contributed by atoms with Crippen LogP contribution in [0.25, 0.3) is 22.4 Å². The lowest BCUT2D eigenvalue weighted by molar-refractivity contribution is 0.858. The van der Waals surface area contributed by atoms with Crippen LogP contribution in [0.3, 0.4) is 0 Å². The highest BCUT2D eigenvalue weighted by Crippen LogP contribution is 2.23. The first-order valence-corrected chi connectivity index (χ1v) is 6.14. The highest BCUT2D eigenvalue weighted by Gasteiger charge is 2.11. The molecule has 0 amide bonds. The normalized spacial score (nSPS) is 10.7. The van der Waals surface area contributed by atoms with Crippen LogP contribution < -0.4 is 5.56 Å². The summed E-state index contributed by atoms with van der Waals surface area (Å²) in [7, 11) is 3.59. The molecule has 5 heteroatoms. The summed E-state index contributed by atoms with van der Waals surface area (Å²) in [5.41, 5.74) is 2.97. The van der Waals surface area contributed by atoms with E-state index in [1.165, 1.54) is 4.57 Å². The van der Waals surface area contributed by atoms with Gasteiger partial charge in [-0.05, 0) is 24.3 Å². The topological polar surface area (TPSA) is 63.6 Å². The van der Waals surface area contributed by atoms with E-state index in [2.05, 4.69) is 11.1 Å². The van der Waals surface area contributed by atoms with E-state index in [0.717, 1.165) is 16.6 Å². The van der Waals surface area contributed by atoms with Gasteiger partial charge in [-0.1, -0.05) is 0 Å². The van der Waals surface area contributed by atoms with E-state index in [1.807, 2.05) is 23.7 Å². The smallest absolute Gasteiger partial charge is 0.250 e. The number of pyridine rings is 1. The van der Waals surface area contributed by atoms with Gasteiger partial charge < -0.3 is 9.13 Å². The summed E-state index contributed by atoms with van der Waals surface area (Å²) in [6.07, 6.45) is 1.72. The van der Waals surface area contributed by atoms with Crippen molar-refractivity contribution in [2.24, 2.45) is 14.1 Å². The van der Waals surface area contributed by atoms with Crippen LogP contribution in [0, 0.1) is 11.3 Å². The lowest BCUT2D eigenvalue weighted by Crippen LogP contribution is -2.14. The monoisotopic (exact) mass is 264 g/mol. The zero-order valence-corrected chi connectivity index (χ0v) is 11.2. The van der Waals surface area contributed by atoms with Crippen molar-refractivity contribution < 1.29 is 0 Å². The summed E-state index contributed by atoms with van der Waals surface area (Å²) < 4.78 is 3.41. The van der Waals surface area contributed by atoms with Crippen LogP contribution in [-0.4, -0.2) is 14.1 Å². The fourth-order valence-corrected chi connectivity index (χ4v) is 2.21. The maximum Gasteiger partial charge on any atom is 0.250 e. The van der Waals surface area contributed by atoms with Gasteiger partial charge in [0.15, 0.2) is 0 Å². The van der Waals surface area contributed by atoms with E-state index in [0.29, 0.717) is 11.4 Å². The highest BCUT2D eigenvalue weighted by atomic mass is 16.1. The molecule has 1 aromatic carbocycles. The lowest BCUT2D eigenvalue weighted by atomic mass is 10.2. The third kappa shape index (κ3) is 1.79. The average molecular weight is 264 g/mol.